The highest BCUT2D eigenvalue weighted by molar-refractivity contribution is 5.96. The van der Waals surface area contributed by atoms with E-state index >= 15 is 0 Å². The molecule has 0 aromatic carbocycles. The molecule has 4 rings (SSSR count). The van der Waals surface area contributed by atoms with Crippen LogP contribution in [0.3, 0.4) is 0 Å². The summed E-state index contributed by atoms with van der Waals surface area (Å²) in [5.74, 6) is -0.205. The van der Waals surface area contributed by atoms with E-state index in [2.05, 4.69) is 4.90 Å². The molecule has 2 aromatic heterocycles. The van der Waals surface area contributed by atoms with Crippen LogP contribution in [0.25, 0.3) is 11.0 Å². The molecule has 164 valence electrons. The van der Waals surface area contributed by atoms with Gasteiger partial charge >= 0.3 is 5.97 Å². The number of rotatable bonds is 6. The summed E-state index contributed by atoms with van der Waals surface area (Å²) in [6.45, 7) is 2.34. The number of hydrogen-bond donors (Lipinski definition) is 0. The lowest BCUT2D eigenvalue weighted by Crippen LogP contribution is -2.50. The Morgan fingerprint density at radius 1 is 1.00 bits per heavy atom. The molecule has 6 nitrogen and oxygen atoms in total. The van der Waals surface area contributed by atoms with Crippen LogP contribution in [0, 0.1) is 0 Å². The van der Waals surface area contributed by atoms with Gasteiger partial charge in [-0.1, -0.05) is 38.5 Å². The summed E-state index contributed by atoms with van der Waals surface area (Å²) in [5, 5.41) is 0. The van der Waals surface area contributed by atoms with Gasteiger partial charge in [0.05, 0.1) is 17.6 Å². The number of hydrogen-bond acceptors (Lipinski definition) is 3. The van der Waals surface area contributed by atoms with E-state index in [1.165, 1.54) is 38.5 Å². The van der Waals surface area contributed by atoms with Crippen LogP contribution in [0.5, 0.6) is 0 Å². The smallest absolute Gasteiger partial charge is 0.355 e. The molecule has 0 bridgehead atoms. The van der Waals surface area contributed by atoms with Gasteiger partial charge in [0.25, 0.3) is 0 Å². The molecule has 2 aliphatic rings. The zero-order valence-electron chi connectivity index (χ0n) is 18.4. The van der Waals surface area contributed by atoms with Crippen molar-refractivity contribution in [1.29, 1.82) is 0 Å². The molecule has 6 heteroatoms. The average molecular weight is 414 g/mol. The highest BCUT2D eigenvalue weighted by Crippen LogP contribution is 2.31. The first-order valence-corrected chi connectivity index (χ1v) is 11.7. The number of aryl methyl sites for hydroxylation is 1. The van der Waals surface area contributed by atoms with Crippen molar-refractivity contribution >= 4 is 22.9 Å². The van der Waals surface area contributed by atoms with Crippen molar-refractivity contribution in [1.82, 2.24) is 14.0 Å². The summed E-state index contributed by atoms with van der Waals surface area (Å²) in [6.07, 6.45) is 13.8. The number of esters is 1. The van der Waals surface area contributed by atoms with Crippen molar-refractivity contribution in [3.8, 4) is 0 Å². The van der Waals surface area contributed by atoms with E-state index in [1.807, 2.05) is 41.4 Å². The fourth-order valence-electron chi connectivity index (χ4n) is 5.46. The van der Waals surface area contributed by atoms with Crippen molar-refractivity contribution < 1.29 is 14.3 Å². The first-order chi connectivity index (χ1) is 14.6. The second-order valence-corrected chi connectivity index (χ2v) is 8.92. The number of aromatic nitrogens is 2. The first-order valence-electron chi connectivity index (χ1n) is 11.7. The van der Waals surface area contributed by atoms with Crippen LogP contribution in [-0.4, -0.2) is 44.6 Å². The van der Waals surface area contributed by atoms with Gasteiger partial charge < -0.3 is 18.8 Å². The summed E-state index contributed by atoms with van der Waals surface area (Å²) in [4.78, 5) is 28.6. The van der Waals surface area contributed by atoms with Gasteiger partial charge in [-0.25, -0.2) is 4.79 Å². The van der Waals surface area contributed by atoms with E-state index in [-0.39, 0.29) is 18.4 Å². The second kappa shape index (κ2) is 9.27. The number of ether oxygens (including phenoxy) is 1. The largest absolute Gasteiger partial charge is 0.461 e. The predicted molar refractivity (Wildman–Crippen MR) is 117 cm³/mol. The SMILES string of the molecule is CCOC(=O)c1cc2c(ccn2C)n1CC(=O)N(C1CCCCC1)C1CCCCC1. The van der Waals surface area contributed by atoms with E-state index in [1.54, 1.807) is 0 Å². The van der Waals surface area contributed by atoms with Crippen molar-refractivity contribution in [3.63, 3.8) is 0 Å². The van der Waals surface area contributed by atoms with Crippen LogP contribution in [0.2, 0.25) is 0 Å². The van der Waals surface area contributed by atoms with Crippen LogP contribution in [-0.2, 0) is 23.1 Å². The zero-order valence-corrected chi connectivity index (χ0v) is 18.4. The molecule has 2 fully saturated rings. The predicted octanol–water partition coefficient (Wildman–Crippen LogP) is 4.65. The third-order valence-electron chi connectivity index (χ3n) is 6.96. The molecule has 0 unspecified atom stereocenters. The lowest BCUT2D eigenvalue weighted by atomic mass is 9.88. The summed E-state index contributed by atoms with van der Waals surface area (Å²) in [5.41, 5.74) is 2.34. The molecule has 0 aliphatic heterocycles. The van der Waals surface area contributed by atoms with Gasteiger partial charge in [-0.15, -0.1) is 0 Å². The molecule has 0 spiro atoms. The van der Waals surface area contributed by atoms with Crippen molar-refractivity contribution in [2.75, 3.05) is 6.61 Å². The maximum absolute atomic E-state index is 13.7. The first kappa shape index (κ1) is 21.0. The number of carbonyl (C=O) groups excluding carboxylic acids is 2. The highest BCUT2D eigenvalue weighted by Gasteiger charge is 2.33. The average Bonchev–Trinajstić information content (AvgIpc) is 3.30. The monoisotopic (exact) mass is 413 g/mol. The molecule has 1 amide bonds. The van der Waals surface area contributed by atoms with Crippen molar-refractivity contribution in [3.05, 3.63) is 24.0 Å². The maximum Gasteiger partial charge on any atom is 0.355 e. The topological polar surface area (TPSA) is 56.5 Å². The molecule has 0 saturated heterocycles. The third kappa shape index (κ3) is 4.14. The van der Waals surface area contributed by atoms with E-state index in [0.29, 0.717) is 24.4 Å². The second-order valence-electron chi connectivity index (χ2n) is 8.92. The Balaban J connectivity index is 1.65. The summed E-state index contributed by atoms with van der Waals surface area (Å²) in [6, 6.07) is 4.53. The van der Waals surface area contributed by atoms with E-state index < -0.39 is 0 Å². The van der Waals surface area contributed by atoms with E-state index in [0.717, 1.165) is 36.7 Å². The summed E-state index contributed by atoms with van der Waals surface area (Å²) in [7, 11) is 1.96. The third-order valence-corrected chi connectivity index (χ3v) is 6.96. The normalized spacial score (nSPS) is 18.6. The summed E-state index contributed by atoms with van der Waals surface area (Å²) >= 11 is 0. The Labute approximate surface area is 179 Å². The van der Waals surface area contributed by atoms with Crippen LogP contribution in [0.4, 0.5) is 0 Å². The Kier molecular flexibility index (Phi) is 6.49. The van der Waals surface area contributed by atoms with Gasteiger partial charge in [0, 0.05) is 25.3 Å². The molecule has 2 heterocycles. The van der Waals surface area contributed by atoms with E-state index in [4.69, 9.17) is 4.74 Å². The van der Waals surface area contributed by atoms with E-state index in [9.17, 15) is 9.59 Å². The van der Waals surface area contributed by atoms with Crippen LogP contribution in [0.1, 0.15) is 81.6 Å². The molecule has 2 aromatic rings. The molecule has 0 radical (unpaired) electrons. The number of carbonyl (C=O) groups is 2. The van der Waals surface area contributed by atoms with Gasteiger partial charge in [-0.05, 0) is 44.7 Å². The Morgan fingerprint density at radius 2 is 1.60 bits per heavy atom. The highest BCUT2D eigenvalue weighted by atomic mass is 16.5. The fraction of sp³-hybridized carbons (Fsp3) is 0.667. The minimum Gasteiger partial charge on any atom is -0.461 e. The molecule has 0 N–H and O–H groups in total. The lowest BCUT2D eigenvalue weighted by molar-refractivity contribution is -0.138. The maximum atomic E-state index is 13.7. The molecule has 2 saturated carbocycles. The minimum atomic E-state index is -0.358. The Hall–Kier alpha value is -2.24. The van der Waals surface area contributed by atoms with Crippen LogP contribution >= 0.6 is 0 Å². The van der Waals surface area contributed by atoms with Crippen LogP contribution < -0.4 is 0 Å². The summed E-state index contributed by atoms with van der Waals surface area (Å²) < 4.78 is 9.14. The standard InChI is InChI=1S/C24H35N3O3/c1-3-30-24(29)22-16-21-20(14-15-25(21)2)26(22)17-23(28)27(18-10-6-4-7-11-18)19-12-8-5-9-13-19/h14-16,18-19H,3-13,17H2,1-2H3. The number of fused-ring (bicyclic) bond motifs is 1. The lowest BCUT2D eigenvalue weighted by Gasteiger charge is -2.42. The molecule has 0 atom stereocenters. The van der Waals surface area contributed by atoms with Crippen molar-refractivity contribution in [2.24, 2.45) is 7.05 Å². The molecular formula is C24H35N3O3. The number of nitrogens with zero attached hydrogens (tertiary/aromatic N) is 3. The zero-order chi connectivity index (χ0) is 21.1. The minimum absolute atomic E-state index is 0.153. The quantitative estimate of drug-likeness (QED) is 0.648. The van der Waals surface area contributed by atoms with Gasteiger partial charge in [0.15, 0.2) is 0 Å². The van der Waals surface area contributed by atoms with Gasteiger partial charge in [-0.2, -0.15) is 0 Å². The fourth-order valence-corrected chi connectivity index (χ4v) is 5.46. The van der Waals surface area contributed by atoms with Gasteiger partial charge in [0.1, 0.15) is 12.2 Å². The Bertz CT molecular complexity index is 867. The van der Waals surface area contributed by atoms with Crippen LogP contribution in [0.15, 0.2) is 18.3 Å². The van der Waals surface area contributed by atoms with Gasteiger partial charge in [-0.3, -0.25) is 4.79 Å². The van der Waals surface area contributed by atoms with Gasteiger partial charge in [0.2, 0.25) is 5.91 Å². The van der Waals surface area contributed by atoms with Crippen molar-refractivity contribution in [2.45, 2.75) is 89.8 Å². The molecule has 30 heavy (non-hydrogen) atoms. The molecule has 2 aliphatic carbocycles. The molecular weight excluding hydrogens is 378 g/mol. The Morgan fingerprint density at radius 3 is 2.17 bits per heavy atom. The number of amides is 1.